The van der Waals surface area contributed by atoms with Crippen LogP contribution in [0.2, 0.25) is 0 Å². The van der Waals surface area contributed by atoms with Crippen LogP contribution >= 0.6 is 0 Å². The summed E-state index contributed by atoms with van der Waals surface area (Å²) in [5.74, 6) is -0.628. The van der Waals surface area contributed by atoms with E-state index in [1.54, 1.807) is 24.0 Å². The molecule has 11 heteroatoms. The fourth-order valence-corrected chi connectivity index (χ4v) is 6.61. The summed E-state index contributed by atoms with van der Waals surface area (Å²) in [7, 11) is 3.41. The van der Waals surface area contributed by atoms with Crippen LogP contribution in [0.5, 0.6) is 5.75 Å². The Labute approximate surface area is 291 Å². The Hall–Kier alpha value is -4.12. The third-order valence-corrected chi connectivity index (χ3v) is 9.17. The Morgan fingerprint density at radius 1 is 1.02 bits per heavy atom. The van der Waals surface area contributed by atoms with Crippen LogP contribution in [0.4, 0.5) is 10.5 Å². The number of aryl methyl sites for hydroxylation is 1. The molecule has 268 valence electrons. The zero-order valence-electron chi connectivity index (χ0n) is 30.4. The molecule has 0 aromatic heterocycles. The molecule has 0 saturated carbocycles. The monoisotopic (exact) mass is 678 g/mol. The van der Waals surface area contributed by atoms with Gasteiger partial charge in [0, 0.05) is 88.9 Å². The first kappa shape index (κ1) is 37.7. The maximum Gasteiger partial charge on any atom is 0.410 e. The molecule has 2 aromatic carbocycles. The standard InChI is InChI=1S/C38H54N4O7/c1-9-26-15-16-27(19-33(26)48-18-12-17-47-8)35(44)42(25(2)3)24-29-23-41(37(46)49-38(4,5)6)22-28(29)21-40(7)36(45)31-20-34(43)39-32-14-11-10-13-30(31)32/h10-11,13-16,19,25,28-29,31H,9,12,17-18,20-24H2,1-8H3,(H,39,43)/t28-,29-,31?/m0/s1. The Kier molecular flexibility index (Phi) is 12.7. The third kappa shape index (κ3) is 9.74. The molecule has 0 aliphatic carbocycles. The van der Waals surface area contributed by atoms with Crippen molar-refractivity contribution in [1.29, 1.82) is 0 Å². The first-order valence-corrected chi connectivity index (χ1v) is 17.4. The maximum absolute atomic E-state index is 14.1. The lowest BCUT2D eigenvalue weighted by Crippen LogP contribution is -2.44. The van der Waals surface area contributed by atoms with E-state index in [2.05, 4.69) is 12.2 Å². The largest absolute Gasteiger partial charge is 0.493 e. The molecular formula is C38H54N4O7. The summed E-state index contributed by atoms with van der Waals surface area (Å²) in [4.78, 5) is 59.0. The van der Waals surface area contributed by atoms with Gasteiger partial charge in [-0.3, -0.25) is 14.4 Å². The Bertz CT molecular complexity index is 1490. The summed E-state index contributed by atoms with van der Waals surface area (Å²) in [6.45, 7) is 14.1. The first-order valence-electron chi connectivity index (χ1n) is 17.4. The number of anilines is 1. The van der Waals surface area contributed by atoms with E-state index in [0.29, 0.717) is 56.4 Å². The van der Waals surface area contributed by atoms with E-state index in [9.17, 15) is 19.2 Å². The second-order valence-corrected chi connectivity index (χ2v) is 14.4. The van der Waals surface area contributed by atoms with Gasteiger partial charge < -0.3 is 34.2 Å². The van der Waals surface area contributed by atoms with Crippen LogP contribution < -0.4 is 10.1 Å². The molecule has 2 heterocycles. The SMILES string of the molecule is CCc1ccc(C(=O)N(C[C@@H]2CN(C(=O)OC(C)(C)C)C[C@@H]2CN(C)C(=O)C2CC(=O)Nc3ccccc32)C(C)C)cc1OCCCOC. The zero-order chi connectivity index (χ0) is 35.9. The molecule has 2 aliphatic rings. The molecule has 1 N–H and O–H groups in total. The van der Waals surface area contributed by atoms with E-state index in [4.69, 9.17) is 14.2 Å². The van der Waals surface area contributed by atoms with E-state index in [1.807, 2.05) is 82.0 Å². The van der Waals surface area contributed by atoms with Crippen molar-refractivity contribution in [3.63, 3.8) is 0 Å². The number of amides is 4. The van der Waals surface area contributed by atoms with Crippen LogP contribution in [-0.4, -0.2) is 104 Å². The van der Waals surface area contributed by atoms with Gasteiger partial charge in [-0.25, -0.2) is 4.79 Å². The molecule has 3 atom stereocenters. The van der Waals surface area contributed by atoms with E-state index in [1.165, 1.54) is 0 Å². The number of likely N-dealkylation sites (tertiary alicyclic amines) is 1. The highest BCUT2D eigenvalue weighted by Gasteiger charge is 2.41. The number of carbonyl (C=O) groups excluding carboxylic acids is 4. The molecule has 0 bridgehead atoms. The lowest BCUT2D eigenvalue weighted by molar-refractivity contribution is -0.134. The van der Waals surface area contributed by atoms with Gasteiger partial charge in [-0.05, 0) is 70.4 Å². The number of benzene rings is 2. The van der Waals surface area contributed by atoms with Crippen molar-refractivity contribution in [2.24, 2.45) is 11.8 Å². The first-order chi connectivity index (χ1) is 23.2. The molecule has 0 spiro atoms. The molecule has 1 fully saturated rings. The molecule has 49 heavy (non-hydrogen) atoms. The van der Waals surface area contributed by atoms with Gasteiger partial charge in [0.1, 0.15) is 11.4 Å². The lowest BCUT2D eigenvalue weighted by atomic mass is 9.88. The second kappa shape index (κ2) is 16.5. The highest BCUT2D eigenvalue weighted by molar-refractivity contribution is 6.01. The van der Waals surface area contributed by atoms with Gasteiger partial charge in [0.25, 0.3) is 5.91 Å². The summed E-state index contributed by atoms with van der Waals surface area (Å²) >= 11 is 0. The minimum absolute atomic E-state index is 0.0723. The van der Waals surface area contributed by atoms with Crippen molar-refractivity contribution < 1.29 is 33.4 Å². The van der Waals surface area contributed by atoms with E-state index < -0.39 is 17.6 Å². The normalized spacial score (nSPS) is 18.9. The fraction of sp³-hybridized carbons (Fsp3) is 0.579. The molecule has 11 nitrogen and oxygen atoms in total. The predicted molar refractivity (Wildman–Crippen MR) is 189 cm³/mol. The Morgan fingerprint density at radius 3 is 2.37 bits per heavy atom. The minimum Gasteiger partial charge on any atom is -0.493 e. The van der Waals surface area contributed by atoms with Crippen LogP contribution in [0.3, 0.4) is 0 Å². The van der Waals surface area contributed by atoms with Gasteiger partial charge in [-0.15, -0.1) is 0 Å². The van der Waals surface area contributed by atoms with Crippen molar-refractivity contribution in [2.45, 2.75) is 78.4 Å². The zero-order valence-corrected chi connectivity index (χ0v) is 30.4. The molecule has 2 aliphatic heterocycles. The summed E-state index contributed by atoms with van der Waals surface area (Å²) in [6.07, 6.45) is 1.17. The number of para-hydroxylation sites is 1. The predicted octanol–water partition coefficient (Wildman–Crippen LogP) is 5.58. The minimum atomic E-state index is -0.666. The van der Waals surface area contributed by atoms with Crippen molar-refractivity contribution >= 4 is 29.5 Å². The van der Waals surface area contributed by atoms with Gasteiger partial charge >= 0.3 is 6.09 Å². The molecule has 2 aromatic rings. The van der Waals surface area contributed by atoms with Gasteiger partial charge in [0.05, 0.1) is 12.5 Å². The molecule has 4 amide bonds. The number of hydrogen-bond donors (Lipinski definition) is 1. The number of ether oxygens (including phenoxy) is 3. The highest BCUT2D eigenvalue weighted by Crippen LogP contribution is 2.35. The summed E-state index contributed by atoms with van der Waals surface area (Å²) in [5.41, 5.74) is 2.35. The Balaban J connectivity index is 1.56. The maximum atomic E-state index is 14.1. The van der Waals surface area contributed by atoms with Crippen molar-refractivity contribution in [1.82, 2.24) is 14.7 Å². The molecule has 0 radical (unpaired) electrons. The van der Waals surface area contributed by atoms with Crippen molar-refractivity contribution in [2.75, 3.05) is 58.9 Å². The number of nitrogens with one attached hydrogen (secondary N) is 1. The van der Waals surface area contributed by atoms with Gasteiger partial charge in [0.15, 0.2) is 0 Å². The lowest BCUT2D eigenvalue weighted by Gasteiger charge is -2.34. The number of methoxy groups -OCH3 is 1. The number of hydrogen-bond acceptors (Lipinski definition) is 7. The number of rotatable bonds is 13. The quantitative estimate of drug-likeness (QED) is 0.275. The van der Waals surface area contributed by atoms with Crippen LogP contribution in [0, 0.1) is 11.8 Å². The average Bonchev–Trinajstić information content (AvgIpc) is 3.45. The summed E-state index contributed by atoms with van der Waals surface area (Å²) < 4.78 is 16.9. The molecule has 1 unspecified atom stereocenters. The van der Waals surface area contributed by atoms with E-state index in [-0.39, 0.29) is 42.0 Å². The number of carbonyl (C=O) groups is 4. The van der Waals surface area contributed by atoms with Crippen LogP contribution in [0.15, 0.2) is 42.5 Å². The molecule has 4 rings (SSSR count). The van der Waals surface area contributed by atoms with Gasteiger partial charge in [0.2, 0.25) is 11.8 Å². The van der Waals surface area contributed by atoms with Gasteiger partial charge in [-0.2, -0.15) is 0 Å². The molecule has 1 saturated heterocycles. The summed E-state index contributed by atoms with van der Waals surface area (Å²) in [5, 5.41) is 2.86. The third-order valence-electron chi connectivity index (χ3n) is 9.17. The van der Waals surface area contributed by atoms with E-state index in [0.717, 1.165) is 24.0 Å². The number of fused-ring (bicyclic) bond motifs is 1. The second-order valence-electron chi connectivity index (χ2n) is 14.4. The number of nitrogens with zero attached hydrogens (tertiary/aromatic N) is 3. The fourth-order valence-electron chi connectivity index (χ4n) is 6.61. The van der Waals surface area contributed by atoms with E-state index >= 15 is 0 Å². The van der Waals surface area contributed by atoms with Crippen LogP contribution in [0.25, 0.3) is 0 Å². The Morgan fingerprint density at radius 2 is 1.71 bits per heavy atom. The van der Waals surface area contributed by atoms with Gasteiger partial charge in [-0.1, -0.05) is 31.2 Å². The molecular weight excluding hydrogens is 624 g/mol. The van der Waals surface area contributed by atoms with Crippen LogP contribution in [0.1, 0.15) is 81.8 Å². The van der Waals surface area contributed by atoms with Crippen molar-refractivity contribution in [3.05, 3.63) is 59.2 Å². The topological polar surface area (TPSA) is 118 Å². The van der Waals surface area contributed by atoms with Crippen LogP contribution in [-0.2, 0) is 25.5 Å². The highest BCUT2D eigenvalue weighted by atomic mass is 16.6. The smallest absolute Gasteiger partial charge is 0.410 e. The summed E-state index contributed by atoms with van der Waals surface area (Å²) in [6, 6.07) is 12.9. The number of likely N-dealkylation sites (N-methyl/N-ethyl adjacent to an activating group) is 1. The van der Waals surface area contributed by atoms with Crippen molar-refractivity contribution in [3.8, 4) is 5.75 Å². The average molecular weight is 679 g/mol.